The van der Waals surface area contributed by atoms with Crippen LogP contribution in [0.3, 0.4) is 0 Å². The molecule has 1 aromatic rings. The average Bonchev–Trinajstić information content (AvgIpc) is 2.50. The monoisotopic (exact) mass is 277 g/mol. The number of benzene rings is 1. The molecule has 0 N–H and O–H groups in total. The van der Waals surface area contributed by atoms with Gasteiger partial charge in [-0.1, -0.05) is 17.8 Å². The minimum Gasteiger partial charge on any atom is -0.350 e. The van der Waals surface area contributed by atoms with Crippen LogP contribution in [0.2, 0.25) is 0 Å². The lowest BCUT2D eigenvalue weighted by Crippen LogP contribution is -2.41. The lowest BCUT2D eigenvalue weighted by molar-refractivity contribution is -0.128. The van der Waals surface area contributed by atoms with Crippen molar-refractivity contribution >= 4 is 29.2 Å². The second-order valence-corrected chi connectivity index (χ2v) is 6.27. The summed E-state index contributed by atoms with van der Waals surface area (Å²) in [5.41, 5.74) is 0.794. The van der Waals surface area contributed by atoms with Gasteiger partial charge in [0.1, 0.15) is 0 Å². The molecule has 0 fully saturated rings. The van der Waals surface area contributed by atoms with Crippen molar-refractivity contribution in [2.45, 2.75) is 27.8 Å². The van der Waals surface area contributed by atoms with Crippen LogP contribution in [0, 0.1) is 0 Å². The van der Waals surface area contributed by atoms with Crippen molar-refractivity contribution < 1.29 is 13.2 Å². The van der Waals surface area contributed by atoms with Gasteiger partial charge in [-0.05, 0) is 24.3 Å². The van der Waals surface area contributed by atoms with Gasteiger partial charge in [-0.3, -0.25) is 0 Å². The first-order valence-electron chi connectivity index (χ1n) is 5.33. The Morgan fingerprint density at radius 3 is 2.76 bits per heavy atom. The van der Waals surface area contributed by atoms with Gasteiger partial charge in [-0.25, -0.2) is 0 Å². The number of hydrogen-bond acceptors (Lipinski definition) is 3. The van der Waals surface area contributed by atoms with E-state index in [-0.39, 0.29) is 0 Å². The molecule has 1 unspecified atom stereocenters. The van der Waals surface area contributed by atoms with Gasteiger partial charge in [-0.2, -0.15) is 13.2 Å². The predicted octanol–water partition coefficient (Wildman–Crippen LogP) is 3.98. The molecule has 3 rings (SSSR count). The number of thioether (sulfide) groups is 2. The largest absolute Gasteiger partial charge is 0.418 e. The minimum absolute atomic E-state index is 0.494. The third kappa shape index (κ3) is 1.91. The third-order valence-corrected chi connectivity index (χ3v) is 5.31. The highest BCUT2D eigenvalue weighted by molar-refractivity contribution is 8.01. The van der Waals surface area contributed by atoms with E-state index in [1.165, 1.54) is 4.90 Å². The third-order valence-electron chi connectivity index (χ3n) is 2.85. The first-order chi connectivity index (χ1) is 8.07. The molecule has 1 nitrogen and oxygen atoms in total. The first kappa shape index (κ1) is 11.6. The summed E-state index contributed by atoms with van der Waals surface area (Å²) in [6.07, 6.45) is -3.37. The number of para-hydroxylation sites is 1. The van der Waals surface area contributed by atoms with Gasteiger partial charge in [0.2, 0.25) is 0 Å². The zero-order chi connectivity index (χ0) is 12.0. The van der Waals surface area contributed by atoms with Crippen molar-refractivity contribution in [1.29, 1.82) is 0 Å². The van der Waals surface area contributed by atoms with Crippen LogP contribution < -0.4 is 4.90 Å². The van der Waals surface area contributed by atoms with Crippen molar-refractivity contribution in [3.8, 4) is 0 Å². The van der Waals surface area contributed by atoms with E-state index in [2.05, 4.69) is 0 Å². The molecule has 0 radical (unpaired) electrons. The maximum Gasteiger partial charge on any atom is 0.418 e. The van der Waals surface area contributed by atoms with Crippen LogP contribution in [-0.2, 0) is 0 Å². The number of alkyl halides is 3. The zero-order valence-corrected chi connectivity index (χ0v) is 10.5. The molecule has 6 heteroatoms. The molecule has 0 aliphatic carbocycles. The molecule has 0 spiro atoms. The molecular formula is C11H10F3NS2. The summed E-state index contributed by atoms with van der Waals surface area (Å²) in [5, 5.41) is -1.41. The summed E-state index contributed by atoms with van der Waals surface area (Å²) in [6, 6.07) is 5.55. The van der Waals surface area contributed by atoms with E-state index in [0.717, 1.165) is 39.4 Å². The highest BCUT2D eigenvalue weighted by atomic mass is 32.2. The molecule has 0 aromatic heterocycles. The van der Waals surface area contributed by atoms with Gasteiger partial charge >= 0.3 is 6.18 Å². The van der Waals surface area contributed by atoms with Crippen molar-refractivity contribution in [3.05, 3.63) is 18.2 Å². The normalized spacial score (nSPS) is 23.5. The molecular weight excluding hydrogens is 267 g/mol. The van der Waals surface area contributed by atoms with Gasteiger partial charge in [0.25, 0.3) is 0 Å². The molecule has 0 saturated heterocycles. The summed E-state index contributed by atoms with van der Waals surface area (Å²) >= 11 is 2.58. The van der Waals surface area contributed by atoms with Crippen molar-refractivity contribution in [3.63, 3.8) is 0 Å². The van der Waals surface area contributed by atoms with Crippen molar-refractivity contribution in [2.24, 2.45) is 0 Å². The second kappa shape index (κ2) is 4.02. The first-order valence-corrected chi connectivity index (χ1v) is 7.20. The topological polar surface area (TPSA) is 3.24 Å². The lowest BCUT2D eigenvalue weighted by Gasteiger charge is -2.27. The molecule has 1 aromatic carbocycles. The molecule has 1 atom stereocenters. The summed E-state index contributed by atoms with van der Waals surface area (Å²) < 4.78 is 38.9. The van der Waals surface area contributed by atoms with Crippen LogP contribution >= 0.6 is 23.5 Å². The molecule has 2 aliphatic rings. The summed E-state index contributed by atoms with van der Waals surface area (Å²) in [4.78, 5) is 3.27. The Morgan fingerprint density at radius 2 is 2.00 bits per heavy atom. The molecule has 0 bridgehead atoms. The molecule has 0 saturated carbocycles. The fraction of sp³-hybridized carbons (Fsp3) is 0.455. The molecule has 92 valence electrons. The lowest BCUT2D eigenvalue weighted by atomic mass is 10.2. The Labute approximate surface area is 106 Å². The fourth-order valence-electron chi connectivity index (χ4n) is 2.19. The van der Waals surface area contributed by atoms with Gasteiger partial charge in [-0.15, -0.1) is 11.8 Å². The van der Waals surface area contributed by atoms with Crippen LogP contribution in [0.15, 0.2) is 28.0 Å². The quantitative estimate of drug-likeness (QED) is 0.706. The zero-order valence-electron chi connectivity index (χ0n) is 8.83. The Kier molecular flexibility index (Phi) is 2.74. The van der Waals surface area contributed by atoms with Gasteiger partial charge in [0, 0.05) is 16.3 Å². The number of anilines is 1. The molecule has 0 amide bonds. The second-order valence-electron chi connectivity index (χ2n) is 4.01. The van der Waals surface area contributed by atoms with Crippen molar-refractivity contribution in [1.82, 2.24) is 0 Å². The maximum atomic E-state index is 13.0. The Bertz CT molecular complexity index is 447. The Hall–Kier alpha value is -0.490. The molecule has 2 aliphatic heterocycles. The minimum atomic E-state index is -4.17. The number of rotatable bonds is 0. The van der Waals surface area contributed by atoms with Crippen LogP contribution in [0.5, 0.6) is 0 Å². The summed E-state index contributed by atoms with van der Waals surface area (Å²) in [7, 11) is 0. The van der Waals surface area contributed by atoms with Gasteiger partial charge < -0.3 is 4.90 Å². The highest BCUT2D eigenvalue weighted by Gasteiger charge is 2.49. The standard InChI is InChI=1S/C11H10F3NS2/c12-11(13,14)10-15-5-2-6-16-7-3-1-4-8(17-10)9(7)15/h1,3-4,10H,2,5-6H2. The van der Waals surface area contributed by atoms with E-state index < -0.39 is 11.6 Å². The van der Waals surface area contributed by atoms with Gasteiger partial charge in [0.15, 0.2) is 5.37 Å². The van der Waals surface area contributed by atoms with Crippen LogP contribution in [0.4, 0.5) is 18.9 Å². The Morgan fingerprint density at radius 1 is 1.24 bits per heavy atom. The van der Waals surface area contributed by atoms with E-state index in [9.17, 15) is 13.2 Å². The number of hydrogen-bond donors (Lipinski definition) is 0. The highest BCUT2D eigenvalue weighted by Crippen LogP contribution is 2.53. The van der Waals surface area contributed by atoms with Crippen LogP contribution in [0.25, 0.3) is 0 Å². The van der Waals surface area contributed by atoms with Crippen LogP contribution in [-0.4, -0.2) is 23.8 Å². The van der Waals surface area contributed by atoms with E-state index in [0.29, 0.717) is 6.54 Å². The number of nitrogens with zero attached hydrogens (tertiary/aromatic N) is 1. The predicted molar refractivity (Wildman–Crippen MR) is 64.8 cm³/mol. The smallest absolute Gasteiger partial charge is 0.350 e. The van der Waals surface area contributed by atoms with E-state index in [4.69, 9.17) is 0 Å². The van der Waals surface area contributed by atoms with E-state index >= 15 is 0 Å². The Balaban J connectivity index is 2.08. The maximum absolute atomic E-state index is 13.0. The van der Waals surface area contributed by atoms with Crippen LogP contribution in [0.1, 0.15) is 6.42 Å². The summed E-state index contributed by atoms with van der Waals surface area (Å²) in [5.74, 6) is 0.891. The van der Waals surface area contributed by atoms with Gasteiger partial charge in [0.05, 0.1) is 5.69 Å². The van der Waals surface area contributed by atoms with Crippen molar-refractivity contribution in [2.75, 3.05) is 17.2 Å². The molecule has 2 heterocycles. The molecule has 17 heavy (non-hydrogen) atoms. The SMILES string of the molecule is FC(F)(F)C1Sc2cccc3c2N1CCCS3. The average molecular weight is 277 g/mol. The fourth-order valence-corrected chi connectivity index (χ4v) is 4.49. The van der Waals surface area contributed by atoms with E-state index in [1.54, 1.807) is 17.8 Å². The summed E-state index contributed by atoms with van der Waals surface area (Å²) in [6.45, 7) is 0.494. The van der Waals surface area contributed by atoms with E-state index in [1.807, 2.05) is 12.1 Å². The number of halogens is 3.